The standard InChI is InChI=1S/C13H15N/c1-4-11-9-14(10(2)3)13-8-6-5-7-12(11)13/h4-10H,1H2,2-3H3. The molecule has 0 amide bonds. The molecule has 72 valence electrons. The lowest BCUT2D eigenvalue weighted by molar-refractivity contribution is 0.622. The predicted molar refractivity (Wildman–Crippen MR) is 62.4 cm³/mol. The molecule has 0 radical (unpaired) electrons. The largest absolute Gasteiger partial charge is 0.344 e. The Morgan fingerprint density at radius 3 is 2.64 bits per heavy atom. The van der Waals surface area contributed by atoms with Crippen LogP contribution in [0, 0.1) is 0 Å². The van der Waals surface area contributed by atoms with Crippen molar-refractivity contribution in [3.63, 3.8) is 0 Å². The van der Waals surface area contributed by atoms with Gasteiger partial charge in [-0.3, -0.25) is 0 Å². The summed E-state index contributed by atoms with van der Waals surface area (Å²) in [4.78, 5) is 0. The van der Waals surface area contributed by atoms with E-state index in [4.69, 9.17) is 0 Å². The Bertz CT molecular complexity index is 463. The summed E-state index contributed by atoms with van der Waals surface area (Å²) in [6.07, 6.45) is 4.09. The summed E-state index contributed by atoms with van der Waals surface area (Å²) in [5, 5.41) is 1.29. The first kappa shape index (κ1) is 9.07. The van der Waals surface area contributed by atoms with Crippen molar-refractivity contribution >= 4 is 17.0 Å². The molecule has 0 saturated heterocycles. The van der Waals surface area contributed by atoms with Crippen LogP contribution in [-0.2, 0) is 0 Å². The normalized spacial score (nSPS) is 11.1. The van der Waals surface area contributed by atoms with Gasteiger partial charge in [-0.05, 0) is 25.5 Å². The van der Waals surface area contributed by atoms with E-state index in [0.717, 1.165) is 0 Å². The van der Waals surface area contributed by atoms with Crippen LogP contribution in [0.3, 0.4) is 0 Å². The molecule has 1 aromatic carbocycles. The number of aromatic nitrogens is 1. The Kier molecular flexibility index (Phi) is 2.16. The van der Waals surface area contributed by atoms with Crippen LogP contribution in [0.5, 0.6) is 0 Å². The summed E-state index contributed by atoms with van der Waals surface area (Å²) in [6.45, 7) is 8.23. The van der Waals surface area contributed by atoms with Crippen LogP contribution in [0.25, 0.3) is 17.0 Å². The van der Waals surface area contributed by atoms with E-state index in [-0.39, 0.29) is 0 Å². The van der Waals surface area contributed by atoms with Gasteiger partial charge in [-0.2, -0.15) is 0 Å². The zero-order valence-electron chi connectivity index (χ0n) is 8.70. The number of nitrogens with zero attached hydrogens (tertiary/aromatic N) is 1. The first-order chi connectivity index (χ1) is 6.74. The third-order valence-corrected chi connectivity index (χ3v) is 2.55. The zero-order chi connectivity index (χ0) is 10.1. The Hall–Kier alpha value is -1.50. The molecular weight excluding hydrogens is 170 g/mol. The molecular formula is C13H15N. The first-order valence-electron chi connectivity index (χ1n) is 4.96. The van der Waals surface area contributed by atoms with Gasteiger partial charge >= 0.3 is 0 Å². The van der Waals surface area contributed by atoms with Crippen LogP contribution >= 0.6 is 0 Å². The van der Waals surface area contributed by atoms with E-state index in [2.05, 4.69) is 55.5 Å². The molecule has 1 aromatic heterocycles. The van der Waals surface area contributed by atoms with Crippen molar-refractivity contribution in [3.05, 3.63) is 42.6 Å². The molecule has 0 N–H and O–H groups in total. The smallest absolute Gasteiger partial charge is 0.0488 e. The molecule has 0 aliphatic heterocycles. The molecule has 0 fully saturated rings. The van der Waals surface area contributed by atoms with Gasteiger partial charge in [0.1, 0.15) is 0 Å². The monoisotopic (exact) mass is 185 g/mol. The van der Waals surface area contributed by atoms with E-state index in [1.165, 1.54) is 16.5 Å². The summed E-state index contributed by atoms with van der Waals surface area (Å²) in [5.74, 6) is 0. The number of rotatable bonds is 2. The first-order valence-corrected chi connectivity index (χ1v) is 4.96. The number of para-hydroxylation sites is 1. The molecule has 1 heterocycles. The lowest BCUT2D eigenvalue weighted by atomic mass is 10.2. The third kappa shape index (κ3) is 1.25. The molecule has 2 rings (SSSR count). The molecule has 0 saturated carbocycles. The van der Waals surface area contributed by atoms with Gasteiger partial charge in [-0.15, -0.1) is 0 Å². The van der Waals surface area contributed by atoms with E-state index in [1.807, 2.05) is 6.08 Å². The predicted octanol–water partition coefficient (Wildman–Crippen LogP) is 3.87. The number of hydrogen-bond acceptors (Lipinski definition) is 0. The molecule has 0 aliphatic rings. The summed E-state index contributed by atoms with van der Waals surface area (Å²) in [7, 11) is 0. The fourth-order valence-electron chi connectivity index (χ4n) is 1.82. The quantitative estimate of drug-likeness (QED) is 0.669. The number of benzene rings is 1. The maximum atomic E-state index is 3.84. The van der Waals surface area contributed by atoms with Crippen LogP contribution in [0.15, 0.2) is 37.0 Å². The van der Waals surface area contributed by atoms with Gasteiger partial charge in [-0.25, -0.2) is 0 Å². The molecule has 1 heteroatoms. The molecule has 1 nitrogen and oxygen atoms in total. The van der Waals surface area contributed by atoms with Gasteiger partial charge in [0.2, 0.25) is 0 Å². The van der Waals surface area contributed by atoms with Crippen LogP contribution in [0.2, 0.25) is 0 Å². The highest BCUT2D eigenvalue weighted by Gasteiger charge is 2.06. The maximum Gasteiger partial charge on any atom is 0.0488 e. The highest BCUT2D eigenvalue weighted by atomic mass is 15.0. The highest BCUT2D eigenvalue weighted by molar-refractivity contribution is 5.89. The van der Waals surface area contributed by atoms with Gasteiger partial charge in [0, 0.05) is 23.1 Å². The van der Waals surface area contributed by atoms with Crippen molar-refractivity contribution in [2.24, 2.45) is 0 Å². The van der Waals surface area contributed by atoms with Crippen LogP contribution in [0.1, 0.15) is 25.5 Å². The maximum absolute atomic E-state index is 3.84. The van der Waals surface area contributed by atoms with E-state index >= 15 is 0 Å². The fraction of sp³-hybridized carbons (Fsp3) is 0.231. The molecule has 0 atom stereocenters. The van der Waals surface area contributed by atoms with E-state index < -0.39 is 0 Å². The molecule has 0 spiro atoms. The average Bonchev–Trinajstić information content (AvgIpc) is 2.56. The van der Waals surface area contributed by atoms with Crippen LogP contribution in [-0.4, -0.2) is 4.57 Å². The lowest BCUT2D eigenvalue weighted by Gasteiger charge is -2.08. The van der Waals surface area contributed by atoms with Gasteiger partial charge in [0.05, 0.1) is 0 Å². The second-order valence-corrected chi connectivity index (χ2v) is 3.81. The second-order valence-electron chi connectivity index (χ2n) is 3.81. The lowest BCUT2D eigenvalue weighted by Crippen LogP contribution is -1.97. The number of hydrogen-bond donors (Lipinski definition) is 0. The molecule has 0 bridgehead atoms. The molecule has 2 aromatic rings. The van der Waals surface area contributed by atoms with Crippen molar-refractivity contribution in [2.75, 3.05) is 0 Å². The minimum atomic E-state index is 0.494. The average molecular weight is 185 g/mol. The zero-order valence-corrected chi connectivity index (χ0v) is 8.70. The minimum absolute atomic E-state index is 0.494. The van der Waals surface area contributed by atoms with Crippen molar-refractivity contribution in [1.29, 1.82) is 0 Å². The topological polar surface area (TPSA) is 4.93 Å². The van der Waals surface area contributed by atoms with Gasteiger partial charge in [-0.1, -0.05) is 30.9 Å². The molecule has 0 unspecified atom stereocenters. The Morgan fingerprint density at radius 2 is 2.00 bits per heavy atom. The minimum Gasteiger partial charge on any atom is -0.344 e. The summed E-state index contributed by atoms with van der Waals surface area (Å²) in [6, 6.07) is 8.94. The molecule has 14 heavy (non-hydrogen) atoms. The highest BCUT2D eigenvalue weighted by Crippen LogP contribution is 2.24. The summed E-state index contributed by atoms with van der Waals surface area (Å²) in [5.41, 5.74) is 2.51. The van der Waals surface area contributed by atoms with Gasteiger partial charge in [0.15, 0.2) is 0 Å². The Labute approximate surface area is 84.7 Å². The number of fused-ring (bicyclic) bond motifs is 1. The summed E-state index contributed by atoms with van der Waals surface area (Å²) < 4.78 is 2.28. The van der Waals surface area contributed by atoms with E-state index in [0.29, 0.717) is 6.04 Å². The van der Waals surface area contributed by atoms with Crippen molar-refractivity contribution in [2.45, 2.75) is 19.9 Å². The Morgan fingerprint density at radius 1 is 1.29 bits per heavy atom. The molecule has 0 aliphatic carbocycles. The SMILES string of the molecule is C=Cc1cn(C(C)C)c2ccccc12. The van der Waals surface area contributed by atoms with Gasteiger partial charge < -0.3 is 4.57 Å². The van der Waals surface area contributed by atoms with E-state index in [9.17, 15) is 0 Å². The van der Waals surface area contributed by atoms with Crippen molar-refractivity contribution in [1.82, 2.24) is 4.57 Å². The third-order valence-electron chi connectivity index (χ3n) is 2.55. The Balaban J connectivity index is 2.79. The van der Waals surface area contributed by atoms with Crippen molar-refractivity contribution in [3.8, 4) is 0 Å². The van der Waals surface area contributed by atoms with Crippen LogP contribution in [0.4, 0.5) is 0 Å². The van der Waals surface area contributed by atoms with Crippen molar-refractivity contribution < 1.29 is 0 Å². The summed E-state index contributed by atoms with van der Waals surface area (Å²) >= 11 is 0. The second kappa shape index (κ2) is 3.33. The van der Waals surface area contributed by atoms with Gasteiger partial charge in [0.25, 0.3) is 0 Å². The fourth-order valence-corrected chi connectivity index (χ4v) is 1.82. The van der Waals surface area contributed by atoms with E-state index in [1.54, 1.807) is 0 Å². The van der Waals surface area contributed by atoms with Crippen LogP contribution < -0.4 is 0 Å².